The van der Waals surface area contributed by atoms with Crippen molar-refractivity contribution < 1.29 is 17.2 Å². The van der Waals surface area contributed by atoms with Crippen LogP contribution in [0.2, 0.25) is 0 Å². The Morgan fingerprint density at radius 1 is 1.26 bits per heavy atom. The van der Waals surface area contributed by atoms with Crippen LogP contribution in [0.15, 0.2) is 46.0 Å². The van der Waals surface area contributed by atoms with Gasteiger partial charge in [-0.1, -0.05) is 0 Å². The fourth-order valence-electron chi connectivity index (χ4n) is 1.41. The first-order valence-corrected chi connectivity index (χ1v) is 7.25. The third kappa shape index (κ3) is 3.07. The summed E-state index contributed by atoms with van der Waals surface area (Å²) in [4.78, 5) is 3.07. The van der Waals surface area contributed by atoms with Gasteiger partial charge < -0.3 is 0 Å². The summed E-state index contributed by atoms with van der Waals surface area (Å²) >= 11 is 2.83. The molecule has 4 nitrogen and oxygen atoms in total. The second-order valence-electron chi connectivity index (χ2n) is 3.55. The van der Waals surface area contributed by atoms with E-state index in [1.807, 2.05) is 0 Å². The molecule has 2 aromatic rings. The number of anilines is 1. The molecule has 0 radical (unpaired) electrons. The molecular formula is C11H7BrF2N2O2S. The van der Waals surface area contributed by atoms with Crippen LogP contribution < -0.4 is 4.72 Å². The highest BCUT2D eigenvalue weighted by molar-refractivity contribution is 9.10. The van der Waals surface area contributed by atoms with Gasteiger partial charge in [0.05, 0.1) is 11.9 Å². The van der Waals surface area contributed by atoms with Gasteiger partial charge in [-0.3, -0.25) is 9.71 Å². The van der Waals surface area contributed by atoms with Gasteiger partial charge in [-0.25, -0.2) is 17.2 Å². The van der Waals surface area contributed by atoms with Crippen LogP contribution in [0.25, 0.3) is 0 Å². The second-order valence-corrected chi connectivity index (χ2v) is 6.02. The van der Waals surface area contributed by atoms with E-state index >= 15 is 0 Å². The number of pyridine rings is 1. The summed E-state index contributed by atoms with van der Waals surface area (Å²) in [6.07, 6.45) is 2.74. The first-order valence-electron chi connectivity index (χ1n) is 4.97. The number of nitrogens with zero attached hydrogens (tertiary/aromatic N) is 1. The lowest BCUT2D eigenvalue weighted by Crippen LogP contribution is -2.15. The van der Waals surface area contributed by atoms with Gasteiger partial charge in [-0.05, 0) is 34.1 Å². The largest absolute Gasteiger partial charge is 0.278 e. The zero-order chi connectivity index (χ0) is 14.0. The molecule has 0 unspecified atom stereocenters. The van der Waals surface area contributed by atoms with Crippen molar-refractivity contribution in [2.24, 2.45) is 0 Å². The predicted molar refractivity (Wildman–Crippen MR) is 69.1 cm³/mol. The van der Waals surface area contributed by atoms with E-state index in [0.29, 0.717) is 6.07 Å². The molecule has 0 fully saturated rings. The normalized spacial score (nSPS) is 11.3. The van der Waals surface area contributed by atoms with Gasteiger partial charge >= 0.3 is 0 Å². The predicted octanol–water partition coefficient (Wildman–Crippen LogP) is 2.92. The average molecular weight is 349 g/mol. The molecule has 8 heteroatoms. The molecule has 1 aromatic heterocycles. The quantitative estimate of drug-likeness (QED) is 0.927. The van der Waals surface area contributed by atoms with Gasteiger partial charge in [-0.2, -0.15) is 0 Å². The van der Waals surface area contributed by atoms with Gasteiger partial charge in [0.2, 0.25) is 0 Å². The molecule has 0 aliphatic heterocycles. The molecule has 2 rings (SSSR count). The van der Waals surface area contributed by atoms with Gasteiger partial charge in [-0.15, -0.1) is 0 Å². The Kier molecular flexibility index (Phi) is 3.81. The minimum Gasteiger partial charge on any atom is -0.278 e. The average Bonchev–Trinajstić information content (AvgIpc) is 2.27. The van der Waals surface area contributed by atoms with Crippen LogP contribution in [0.5, 0.6) is 0 Å². The Morgan fingerprint density at radius 3 is 2.58 bits per heavy atom. The molecule has 0 amide bonds. The topological polar surface area (TPSA) is 59.1 Å². The number of aromatic nitrogens is 1. The van der Waals surface area contributed by atoms with E-state index in [0.717, 1.165) is 6.07 Å². The third-order valence-electron chi connectivity index (χ3n) is 2.15. The fraction of sp³-hybridized carbons (Fsp3) is 0. The van der Waals surface area contributed by atoms with E-state index in [9.17, 15) is 17.2 Å². The summed E-state index contributed by atoms with van der Waals surface area (Å²) in [6.45, 7) is 0. The highest BCUT2D eigenvalue weighted by atomic mass is 79.9. The monoisotopic (exact) mass is 348 g/mol. The van der Waals surface area contributed by atoms with Crippen molar-refractivity contribution in [3.8, 4) is 0 Å². The number of nitrogens with one attached hydrogen (secondary N) is 1. The third-order valence-corrected chi connectivity index (χ3v) is 4.49. The van der Waals surface area contributed by atoms with Crippen molar-refractivity contribution >= 4 is 31.6 Å². The number of benzene rings is 1. The summed E-state index contributed by atoms with van der Waals surface area (Å²) in [5.74, 6) is -2.05. The zero-order valence-corrected chi connectivity index (χ0v) is 11.7. The van der Waals surface area contributed by atoms with Gasteiger partial charge in [0.25, 0.3) is 10.0 Å². The molecule has 1 heterocycles. The van der Waals surface area contributed by atoms with E-state index in [4.69, 9.17) is 0 Å². The maximum atomic E-state index is 13.6. The lowest BCUT2D eigenvalue weighted by atomic mass is 10.3. The van der Waals surface area contributed by atoms with Crippen LogP contribution in [0.4, 0.5) is 14.5 Å². The van der Waals surface area contributed by atoms with Crippen molar-refractivity contribution in [1.29, 1.82) is 0 Å². The minimum atomic E-state index is -4.17. The molecule has 19 heavy (non-hydrogen) atoms. The van der Waals surface area contributed by atoms with Gasteiger partial charge in [0, 0.05) is 16.7 Å². The van der Waals surface area contributed by atoms with E-state index < -0.39 is 26.6 Å². The Labute approximate surface area is 116 Å². The molecule has 0 saturated heterocycles. The number of rotatable bonds is 3. The van der Waals surface area contributed by atoms with Crippen LogP contribution in [-0.4, -0.2) is 13.4 Å². The molecule has 1 aromatic carbocycles. The van der Waals surface area contributed by atoms with Crippen molar-refractivity contribution in [1.82, 2.24) is 4.98 Å². The highest BCUT2D eigenvalue weighted by Crippen LogP contribution is 2.27. The lowest BCUT2D eigenvalue weighted by molar-refractivity contribution is 0.548. The molecule has 100 valence electrons. The molecule has 0 bridgehead atoms. The van der Waals surface area contributed by atoms with E-state index in [2.05, 4.69) is 25.6 Å². The van der Waals surface area contributed by atoms with E-state index in [1.165, 1.54) is 24.5 Å². The van der Waals surface area contributed by atoms with Crippen molar-refractivity contribution in [2.45, 2.75) is 4.90 Å². The standard InChI is InChI=1S/C11H7BrF2N2O2S/c12-9-4-7(13)5-10(14)11(9)19(17,18)16-8-2-1-3-15-6-8/h1-6,16H. The maximum absolute atomic E-state index is 13.6. The summed E-state index contributed by atoms with van der Waals surface area (Å²) in [6, 6.07) is 4.36. The van der Waals surface area contributed by atoms with E-state index in [-0.39, 0.29) is 10.2 Å². The number of hydrogen-bond donors (Lipinski definition) is 1. The Bertz CT molecular complexity index is 685. The first kappa shape index (κ1) is 13.9. The first-order chi connectivity index (χ1) is 8.90. The number of sulfonamides is 1. The molecule has 1 N–H and O–H groups in total. The molecular weight excluding hydrogens is 342 g/mol. The van der Waals surface area contributed by atoms with Crippen LogP contribution in [-0.2, 0) is 10.0 Å². The SMILES string of the molecule is O=S(=O)(Nc1cccnc1)c1c(F)cc(F)cc1Br. The maximum Gasteiger partial charge on any atom is 0.266 e. The smallest absolute Gasteiger partial charge is 0.266 e. The van der Waals surface area contributed by atoms with Crippen LogP contribution in [0, 0.1) is 11.6 Å². The molecule has 0 aliphatic carbocycles. The van der Waals surface area contributed by atoms with Crippen LogP contribution in [0.3, 0.4) is 0 Å². The van der Waals surface area contributed by atoms with Crippen molar-refractivity contribution in [3.63, 3.8) is 0 Å². The lowest BCUT2D eigenvalue weighted by Gasteiger charge is -2.10. The number of hydrogen-bond acceptors (Lipinski definition) is 3. The molecule has 0 aliphatic rings. The van der Waals surface area contributed by atoms with Gasteiger partial charge in [0.1, 0.15) is 16.5 Å². The van der Waals surface area contributed by atoms with Gasteiger partial charge in [0.15, 0.2) is 0 Å². The Balaban J connectivity index is 2.46. The van der Waals surface area contributed by atoms with Crippen molar-refractivity contribution in [2.75, 3.05) is 4.72 Å². The summed E-state index contributed by atoms with van der Waals surface area (Å²) < 4.78 is 52.5. The van der Waals surface area contributed by atoms with E-state index in [1.54, 1.807) is 0 Å². The highest BCUT2D eigenvalue weighted by Gasteiger charge is 2.23. The molecule has 0 spiro atoms. The summed E-state index contributed by atoms with van der Waals surface area (Å²) in [5, 5.41) is 0. The summed E-state index contributed by atoms with van der Waals surface area (Å²) in [5.41, 5.74) is 0.179. The summed E-state index contributed by atoms with van der Waals surface area (Å²) in [7, 11) is -4.17. The van der Waals surface area contributed by atoms with Crippen LogP contribution >= 0.6 is 15.9 Å². The fourth-order valence-corrected chi connectivity index (χ4v) is 3.63. The number of halogens is 3. The molecule has 0 atom stereocenters. The Morgan fingerprint density at radius 2 is 2.00 bits per heavy atom. The zero-order valence-electron chi connectivity index (χ0n) is 9.27. The second kappa shape index (κ2) is 5.22. The Hall–Kier alpha value is -1.54. The minimum absolute atomic E-state index is 0.179. The van der Waals surface area contributed by atoms with Crippen LogP contribution in [0.1, 0.15) is 0 Å². The van der Waals surface area contributed by atoms with Crippen molar-refractivity contribution in [3.05, 3.63) is 52.8 Å². The molecule has 0 saturated carbocycles.